The number of pyridine rings is 1. The summed E-state index contributed by atoms with van der Waals surface area (Å²) >= 11 is 6.24. The monoisotopic (exact) mass is 250 g/mol. The number of alkyl halides is 1. The van der Waals surface area contributed by atoms with Crippen LogP contribution < -0.4 is 4.90 Å². The molecule has 0 aromatic carbocycles. The highest BCUT2D eigenvalue weighted by atomic mass is 35.5. The Hall–Kier alpha value is -1.29. The standard InChI is InChI=1S/C12H15ClN4/c1-9-5-11-14-8-15-17(11)12(6-9)16-4-2-3-10(13)7-16/h5-6,8,10H,2-4,7H2,1H3. The summed E-state index contributed by atoms with van der Waals surface area (Å²) < 4.78 is 1.89. The molecule has 0 saturated carbocycles. The van der Waals surface area contributed by atoms with E-state index in [1.54, 1.807) is 6.33 Å². The Bertz CT molecular complexity index is 536. The number of fused-ring (bicyclic) bond motifs is 1. The summed E-state index contributed by atoms with van der Waals surface area (Å²) in [5.74, 6) is 1.10. The average molecular weight is 251 g/mol. The van der Waals surface area contributed by atoms with Gasteiger partial charge in [0.1, 0.15) is 12.1 Å². The maximum absolute atomic E-state index is 6.24. The Kier molecular flexibility index (Phi) is 2.67. The summed E-state index contributed by atoms with van der Waals surface area (Å²) in [7, 11) is 0. The van der Waals surface area contributed by atoms with Crippen molar-refractivity contribution in [2.24, 2.45) is 0 Å². The van der Waals surface area contributed by atoms with E-state index in [0.29, 0.717) is 0 Å². The number of anilines is 1. The molecule has 1 saturated heterocycles. The van der Waals surface area contributed by atoms with Gasteiger partial charge in [-0.15, -0.1) is 11.6 Å². The maximum atomic E-state index is 6.24. The normalized spacial score (nSPS) is 21.1. The molecule has 0 aliphatic carbocycles. The van der Waals surface area contributed by atoms with Crippen LogP contribution in [0.3, 0.4) is 0 Å². The number of hydrogen-bond donors (Lipinski definition) is 0. The summed E-state index contributed by atoms with van der Waals surface area (Å²) in [6.07, 6.45) is 3.84. The first kappa shape index (κ1) is 10.8. The summed E-state index contributed by atoms with van der Waals surface area (Å²) in [5, 5.41) is 4.52. The first-order valence-corrected chi connectivity index (χ1v) is 6.37. The van der Waals surface area contributed by atoms with Gasteiger partial charge in [-0.05, 0) is 37.5 Å². The third kappa shape index (κ3) is 1.97. The van der Waals surface area contributed by atoms with Gasteiger partial charge in [-0.1, -0.05) is 0 Å². The highest BCUT2D eigenvalue weighted by Crippen LogP contribution is 2.23. The molecular formula is C12H15ClN4. The van der Waals surface area contributed by atoms with Crippen LogP contribution in [0.5, 0.6) is 0 Å². The lowest BCUT2D eigenvalue weighted by molar-refractivity contribution is 0.575. The van der Waals surface area contributed by atoms with Crippen LogP contribution in [0.2, 0.25) is 0 Å². The Balaban J connectivity index is 2.06. The van der Waals surface area contributed by atoms with Gasteiger partial charge in [0.25, 0.3) is 0 Å². The Morgan fingerprint density at radius 2 is 2.29 bits per heavy atom. The van der Waals surface area contributed by atoms with Crippen molar-refractivity contribution < 1.29 is 0 Å². The van der Waals surface area contributed by atoms with Gasteiger partial charge in [0.15, 0.2) is 5.65 Å². The molecule has 3 heterocycles. The molecule has 0 bridgehead atoms. The van der Waals surface area contributed by atoms with Gasteiger partial charge in [-0.2, -0.15) is 9.61 Å². The van der Waals surface area contributed by atoms with Crippen LogP contribution in [0.4, 0.5) is 5.82 Å². The Morgan fingerprint density at radius 3 is 3.12 bits per heavy atom. The highest BCUT2D eigenvalue weighted by Gasteiger charge is 2.20. The van der Waals surface area contributed by atoms with Crippen molar-refractivity contribution in [1.82, 2.24) is 14.6 Å². The van der Waals surface area contributed by atoms with Crippen molar-refractivity contribution in [1.29, 1.82) is 0 Å². The van der Waals surface area contributed by atoms with Gasteiger partial charge in [-0.3, -0.25) is 0 Å². The minimum atomic E-state index is 0.239. The van der Waals surface area contributed by atoms with Crippen LogP contribution in [0.15, 0.2) is 18.5 Å². The molecule has 1 aliphatic heterocycles. The maximum Gasteiger partial charge on any atom is 0.157 e. The number of rotatable bonds is 1. The van der Waals surface area contributed by atoms with Gasteiger partial charge in [0.2, 0.25) is 0 Å². The largest absolute Gasteiger partial charge is 0.355 e. The number of hydrogen-bond acceptors (Lipinski definition) is 3. The molecule has 3 rings (SSSR count). The predicted octanol–water partition coefficient (Wildman–Crippen LogP) is 2.25. The van der Waals surface area contributed by atoms with Crippen molar-refractivity contribution >= 4 is 23.1 Å². The second-order valence-electron chi connectivity index (χ2n) is 4.61. The van der Waals surface area contributed by atoms with Crippen LogP contribution in [0.25, 0.3) is 5.65 Å². The average Bonchev–Trinajstić information content (AvgIpc) is 2.75. The topological polar surface area (TPSA) is 33.4 Å². The fourth-order valence-electron chi connectivity index (χ4n) is 2.39. The highest BCUT2D eigenvalue weighted by molar-refractivity contribution is 6.21. The van der Waals surface area contributed by atoms with Crippen molar-refractivity contribution in [3.05, 3.63) is 24.0 Å². The SMILES string of the molecule is Cc1cc(N2CCCC(Cl)C2)n2ncnc2c1. The molecule has 2 aromatic heterocycles. The second-order valence-corrected chi connectivity index (χ2v) is 5.22. The molecule has 4 nitrogen and oxygen atoms in total. The molecule has 0 amide bonds. The lowest BCUT2D eigenvalue weighted by Crippen LogP contribution is -2.37. The predicted molar refractivity (Wildman–Crippen MR) is 68.8 cm³/mol. The quantitative estimate of drug-likeness (QED) is 0.728. The molecule has 1 atom stereocenters. The molecule has 1 aliphatic rings. The fraction of sp³-hybridized carbons (Fsp3) is 0.500. The van der Waals surface area contributed by atoms with Crippen LogP contribution >= 0.6 is 11.6 Å². The number of aryl methyl sites for hydroxylation is 1. The van der Waals surface area contributed by atoms with Gasteiger partial charge in [0.05, 0.1) is 5.38 Å². The first-order chi connectivity index (χ1) is 8.24. The number of nitrogens with zero attached hydrogens (tertiary/aromatic N) is 4. The van der Waals surface area contributed by atoms with Crippen molar-refractivity contribution in [2.75, 3.05) is 18.0 Å². The molecule has 5 heteroatoms. The van der Waals surface area contributed by atoms with E-state index in [0.717, 1.165) is 37.4 Å². The summed E-state index contributed by atoms with van der Waals surface area (Å²) in [4.78, 5) is 6.55. The molecule has 1 unspecified atom stereocenters. The van der Waals surface area contributed by atoms with Crippen molar-refractivity contribution in [3.63, 3.8) is 0 Å². The van der Waals surface area contributed by atoms with Crippen molar-refractivity contribution in [3.8, 4) is 0 Å². The van der Waals surface area contributed by atoms with Crippen LogP contribution in [0.1, 0.15) is 18.4 Å². The minimum Gasteiger partial charge on any atom is -0.355 e. The third-order valence-electron chi connectivity index (χ3n) is 3.19. The number of aromatic nitrogens is 3. The number of halogens is 1. The fourth-order valence-corrected chi connectivity index (χ4v) is 2.72. The summed E-state index contributed by atoms with van der Waals surface area (Å²) in [6, 6.07) is 4.19. The molecule has 2 aromatic rings. The van der Waals surface area contributed by atoms with Crippen molar-refractivity contribution in [2.45, 2.75) is 25.1 Å². The zero-order valence-electron chi connectivity index (χ0n) is 9.80. The molecule has 0 spiro atoms. The van der Waals surface area contributed by atoms with E-state index in [1.165, 1.54) is 5.56 Å². The molecule has 1 fully saturated rings. The smallest absolute Gasteiger partial charge is 0.157 e. The Morgan fingerprint density at radius 1 is 1.41 bits per heavy atom. The van der Waals surface area contributed by atoms with E-state index in [2.05, 4.69) is 28.0 Å². The summed E-state index contributed by atoms with van der Waals surface area (Å²) in [6.45, 7) is 4.02. The number of piperidine rings is 1. The van der Waals surface area contributed by atoms with Gasteiger partial charge in [0, 0.05) is 13.1 Å². The summed E-state index contributed by atoms with van der Waals surface area (Å²) in [5.41, 5.74) is 2.11. The molecule has 17 heavy (non-hydrogen) atoms. The van der Waals surface area contributed by atoms with E-state index < -0.39 is 0 Å². The van der Waals surface area contributed by atoms with Gasteiger partial charge < -0.3 is 4.90 Å². The van der Waals surface area contributed by atoms with Crippen LogP contribution in [-0.4, -0.2) is 33.1 Å². The Labute approximate surface area is 105 Å². The zero-order chi connectivity index (χ0) is 11.8. The molecular weight excluding hydrogens is 236 g/mol. The third-order valence-corrected chi connectivity index (χ3v) is 3.55. The molecule has 0 N–H and O–H groups in total. The van der Waals surface area contributed by atoms with Gasteiger partial charge >= 0.3 is 0 Å². The first-order valence-electron chi connectivity index (χ1n) is 5.93. The minimum absolute atomic E-state index is 0.239. The van der Waals surface area contributed by atoms with E-state index >= 15 is 0 Å². The van der Waals surface area contributed by atoms with Crippen LogP contribution in [-0.2, 0) is 0 Å². The van der Waals surface area contributed by atoms with Gasteiger partial charge in [-0.25, -0.2) is 4.98 Å². The van der Waals surface area contributed by atoms with Crippen LogP contribution in [0, 0.1) is 6.92 Å². The van der Waals surface area contributed by atoms with E-state index in [4.69, 9.17) is 11.6 Å². The lowest BCUT2D eigenvalue weighted by atomic mass is 10.1. The zero-order valence-corrected chi connectivity index (χ0v) is 10.6. The van der Waals surface area contributed by atoms with E-state index in [1.807, 2.05) is 10.6 Å². The molecule has 0 radical (unpaired) electrons. The van der Waals surface area contributed by atoms with E-state index in [-0.39, 0.29) is 5.38 Å². The van der Waals surface area contributed by atoms with E-state index in [9.17, 15) is 0 Å². The second kappa shape index (κ2) is 4.18. The molecule has 90 valence electrons. The lowest BCUT2D eigenvalue weighted by Gasteiger charge is -2.31.